The van der Waals surface area contributed by atoms with E-state index in [0.29, 0.717) is 12.3 Å². The van der Waals surface area contributed by atoms with Gasteiger partial charge in [0.05, 0.1) is 4.90 Å². The van der Waals surface area contributed by atoms with Gasteiger partial charge in [-0.3, -0.25) is 4.79 Å². The molecule has 0 unspecified atom stereocenters. The van der Waals surface area contributed by atoms with Crippen LogP contribution in [0, 0.1) is 5.92 Å². The highest BCUT2D eigenvalue weighted by Crippen LogP contribution is 2.27. The number of aryl methyl sites for hydroxylation is 1. The van der Waals surface area contributed by atoms with E-state index in [1.54, 1.807) is 24.3 Å². The largest absolute Gasteiger partial charge is 0.274 e. The lowest BCUT2D eigenvalue weighted by Gasteiger charge is -2.10. The summed E-state index contributed by atoms with van der Waals surface area (Å²) in [6.07, 6.45) is 6.59. The molecule has 21 heavy (non-hydrogen) atoms. The lowest BCUT2D eigenvalue weighted by molar-refractivity contribution is -0.120. The molecule has 116 valence electrons. The fraction of sp³-hybridized carbons (Fsp3) is 0.562. The van der Waals surface area contributed by atoms with Crippen molar-refractivity contribution in [3.8, 4) is 0 Å². The molecule has 0 aromatic heterocycles. The highest BCUT2D eigenvalue weighted by molar-refractivity contribution is 7.90. The molecular formula is C16H23NO3S. The molecule has 0 spiro atoms. The molecule has 1 aliphatic carbocycles. The average molecular weight is 309 g/mol. The van der Waals surface area contributed by atoms with Crippen LogP contribution >= 0.6 is 0 Å². The van der Waals surface area contributed by atoms with Crippen molar-refractivity contribution in [2.45, 2.75) is 56.8 Å². The molecule has 5 heteroatoms. The van der Waals surface area contributed by atoms with Gasteiger partial charge in [-0.25, -0.2) is 13.1 Å². The lowest BCUT2D eigenvalue weighted by Crippen LogP contribution is -2.31. The second-order valence-corrected chi connectivity index (χ2v) is 7.46. The molecule has 1 N–H and O–H groups in total. The smallest absolute Gasteiger partial charge is 0.264 e. The van der Waals surface area contributed by atoms with Crippen LogP contribution in [-0.4, -0.2) is 14.3 Å². The quantitative estimate of drug-likeness (QED) is 0.878. The highest BCUT2D eigenvalue weighted by Gasteiger charge is 2.22. The molecule has 1 fully saturated rings. The van der Waals surface area contributed by atoms with Gasteiger partial charge >= 0.3 is 0 Å². The molecule has 0 aliphatic heterocycles. The fourth-order valence-corrected chi connectivity index (χ4v) is 3.85. The summed E-state index contributed by atoms with van der Waals surface area (Å²) < 4.78 is 26.5. The standard InChI is InChI=1S/C16H23NO3S/c1-2-5-13-8-10-15(11-9-13)21(19,20)17-16(18)12-14-6-3-4-7-14/h8-11,14H,2-7,12H2,1H3,(H,17,18). The molecule has 2 rings (SSSR count). The Hall–Kier alpha value is -1.36. The van der Waals surface area contributed by atoms with Crippen molar-refractivity contribution in [1.29, 1.82) is 0 Å². The van der Waals surface area contributed by atoms with Gasteiger partial charge in [0.25, 0.3) is 10.0 Å². The molecule has 1 saturated carbocycles. The van der Waals surface area contributed by atoms with Crippen molar-refractivity contribution in [1.82, 2.24) is 4.72 Å². The summed E-state index contributed by atoms with van der Waals surface area (Å²) in [5.74, 6) is -0.0494. The molecule has 0 heterocycles. The number of rotatable bonds is 6. The molecule has 1 aromatic rings. The zero-order chi connectivity index (χ0) is 15.3. The molecule has 0 bridgehead atoms. The summed E-state index contributed by atoms with van der Waals surface area (Å²) in [5.41, 5.74) is 1.11. The Bertz CT molecular complexity index is 572. The van der Waals surface area contributed by atoms with Gasteiger partial charge in [0.1, 0.15) is 0 Å². The van der Waals surface area contributed by atoms with Crippen LogP contribution in [0.3, 0.4) is 0 Å². The summed E-state index contributed by atoms with van der Waals surface area (Å²) in [6, 6.07) is 6.74. The average Bonchev–Trinajstić information content (AvgIpc) is 2.92. The van der Waals surface area contributed by atoms with Gasteiger partial charge in [-0.1, -0.05) is 38.3 Å². The highest BCUT2D eigenvalue weighted by atomic mass is 32.2. The minimum Gasteiger partial charge on any atom is -0.274 e. The van der Waals surface area contributed by atoms with Crippen LogP contribution < -0.4 is 4.72 Å². The van der Waals surface area contributed by atoms with Crippen molar-refractivity contribution >= 4 is 15.9 Å². The predicted octanol–water partition coefficient (Wildman–Crippen LogP) is 3.02. The van der Waals surface area contributed by atoms with E-state index in [1.165, 1.54) is 0 Å². The van der Waals surface area contributed by atoms with Gasteiger partial charge in [-0.15, -0.1) is 0 Å². The van der Waals surface area contributed by atoms with Crippen LogP contribution in [0.15, 0.2) is 29.2 Å². The predicted molar refractivity (Wildman–Crippen MR) is 82.3 cm³/mol. The molecule has 0 radical (unpaired) electrons. The van der Waals surface area contributed by atoms with Crippen molar-refractivity contribution in [3.63, 3.8) is 0 Å². The summed E-state index contributed by atoms with van der Waals surface area (Å²) >= 11 is 0. The third-order valence-electron chi connectivity index (χ3n) is 3.97. The first kappa shape index (κ1) is 16.0. The van der Waals surface area contributed by atoms with Crippen molar-refractivity contribution in [3.05, 3.63) is 29.8 Å². The zero-order valence-corrected chi connectivity index (χ0v) is 13.3. The van der Waals surface area contributed by atoms with Crippen LogP contribution in [0.5, 0.6) is 0 Å². The van der Waals surface area contributed by atoms with Gasteiger partial charge in [-0.05, 0) is 42.9 Å². The third-order valence-corrected chi connectivity index (χ3v) is 5.36. The molecule has 0 saturated heterocycles. The van der Waals surface area contributed by atoms with Crippen molar-refractivity contribution in [2.75, 3.05) is 0 Å². The third kappa shape index (κ3) is 4.56. The Morgan fingerprint density at radius 1 is 1.19 bits per heavy atom. The Kier molecular flexibility index (Phi) is 5.39. The van der Waals surface area contributed by atoms with Gasteiger partial charge in [0.15, 0.2) is 0 Å². The van der Waals surface area contributed by atoms with E-state index in [-0.39, 0.29) is 10.8 Å². The van der Waals surface area contributed by atoms with E-state index in [4.69, 9.17) is 0 Å². The Morgan fingerprint density at radius 3 is 2.38 bits per heavy atom. The van der Waals surface area contributed by atoms with Crippen LogP contribution in [-0.2, 0) is 21.2 Å². The maximum atomic E-state index is 12.2. The number of carbonyl (C=O) groups excluding carboxylic acids is 1. The van der Waals surface area contributed by atoms with E-state index in [1.807, 2.05) is 0 Å². The molecule has 4 nitrogen and oxygen atoms in total. The molecule has 1 aromatic carbocycles. The minimum atomic E-state index is -3.73. The number of carbonyl (C=O) groups is 1. The summed E-state index contributed by atoms with van der Waals surface area (Å²) in [6.45, 7) is 2.08. The van der Waals surface area contributed by atoms with Gasteiger partial charge < -0.3 is 0 Å². The molecular weight excluding hydrogens is 286 g/mol. The first-order chi connectivity index (χ1) is 10.0. The Labute approximate surface area is 127 Å². The van der Waals surface area contributed by atoms with E-state index in [0.717, 1.165) is 44.1 Å². The number of amides is 1. The van der Waals surface area contributed by atoms with E-state index in [9.17, 15) is 13.2 Å². The minimum absolute atomic E-state index is 0.155. The monoisotopic (exact) mass is 309 g/mol. The van der Waals surface area contributed by atoms with Crippen LogP contribution in [0.4, 0.5) is 0 Å². The van der Waals surface area contributed by atoms with Gasteiger partial charge in [0.2, 0.25) is 5.91 Å². The normalized spacial score (nSPS) is 16.0. The Morgan fingerprint density at radius 2 is 1.81 bits per heavy atom. The van der Waals surface area contributed by atoms with Crippen molar-refractivity contribution < 1.29 is 13.2 Å². The first-order valence-corrected chi connectivity index (χ1v) is 9.14. The maximum Gasteiger partial charge on any atom is 0.264 e. The lowest BCUT2D eigenvalue weighted by atomic mass is 10.0. The molecule has 1 amide bonds. The van der Waals surface area contributed by atoms with Crippen molar-refractivity contribution in [2.24, 2.45) is 5.92 Å². The summed E-state index contributed by atoms with van der Waals surface area (Å²) in [7, 11) is -3.73. The van der Waals surface area contributed by atoms with E-state index >= 15 is 0 Å². The van der Waals surface area contributed by atoms with E-state index < -0.39 is 10.0 Å². The zero-order valence-electron chi connectivity index (χ0n) is 12.5. The molecule has 0 atom stereocenters. The Balaban J connectivity index is 1.98. The second kappa shape index (κ2) is 7.07. The maximum absolute atomic E-state index is 12.2. The van der Waals surface area contributed by atoms with Gasteiger partial charge in [0, 0.05) is 6.42 Å². The van der Waals surface area contributed by atoms with Crippen LogP contribution in [0.1, 0.15) is 51.0 Å². The van der Waals surface area contributed by atoms with Crippen LogP contribution in [0.25, 0.3) is 0 Å². The number of benzene rings is 1. The summed E-state index contributed by atoms with van der Waals surface area (Å²) in [4.78, 5) is 12.0. The van der Waals surface area contributed by atoms with E-state index in [2.05, 4.69) is 11.6 Å². The number of hydrogen-bond acceptors (Lipinski definition) is 3. The number of sulfonamides is 1. The van der Waals surface area contributed by atoms with Crippen LogP contribution in [0.2, 0.25) is 0 Å². The topological polar surface area (TPSA) is 63.2 Å². The number of hydrogen-bond donors (Lipinski definition) is 1. The summed E-state index contributed by atoms with van der Waals surface area (Å²) in [5, 5.41) is 0. The fourth-order valence-electron chi connectivity index (χ4n) is 2.85. The SMILES string of the molecule is CCCc1ccc(S(=O)(=O)NC(=O)CC2CCCC2)cc1. The molecule has 1 aliphatic rings. The second-order valence-electron chi connectivity index (χ2n) is 5.78. The van der Waals surface area contributed by atoms with Gasteiger partial charge in [-0.2, -0.15) is 0 Å². The first-order valence-electron chi connectivity index (χ1n) is 7.66. The number of nitrogens with one attached hydrogen (secondary N) is 1.